The third kappa shape index (κ3) is 2.21. The summed E-state index contributed by atoms with van der Waals surface area (Å²) in [6.07, 6.45) is 4.28. The lowest BCUT2D eigenvalue weighted by Crippen LogP contribution is -2.49. The van der Waals surface area contributed by atoms with E-state index in [0.29, 0.717) is 11.8 Å². The first-order valence-corrected chi connectivity index (χ1v) is 11.0. The van der Waals surface area contributed by atoms with Gasteiger partial charge in [-0.1, -0.05) is 24.3 Å². The monoisotopic (exact) mass is 285 g/mol. The highest BCUT2D eigenvalue weighted by molar-refractivity contribution is 6.69. The van der Waals surface area contributed by atoms with E-state index >= 15 is 0 Å². The molecule has 3 rings (SSSR count). The van der Waals surface area contributed by atoms with Gasteiger partial charge in [0.05, 0.1) is 6.07 Å². The smallest absolute Gasteiger partial charge is 0.185 e. The lowest BCUT2D eigenvalue weighted by molar-refractivity contribution is 0.0400. The van der Waals surface area contributed by atoms with Gasteiger partial charge in [-0.05, 0) is 56.5 Å². The average molecular weight is 285 g/mol. The van der Waals surface area contributed by atoms with Crippen LogP contribution in [-0.4, -0.2) is 13.9 Å². The van der Waals surface area contributed by atoms with E-state index in [9.17, 15) is 5.26 Å². The zero-order valence-electron chi connectivity index (χ0n) is 12.6. The average Bonchev–Trinajstić information content (AvgIpc) is 2.60. The Labute approximate surface area is 122 Å². The zero-order chi connectivity index (χ0) is 14.4. The summed E-state index contributed by atoms with van der Waals surface area (Å²) in [5, 5.41) is 9.94. The van der Waals surface area contributed by atoms with E-state index in [2.05, 4.69) is 50.0 Å². The van der Waals surface area contributed by atoms with E-state index in [0.717, 1.165) is 25.7 Å². The minimum Gasteiger partial charge on any atom is -0.399 e. The topological polar surface area (TPSA) is 33.0 Å². The van der Waals surface area contributed by atoms with Crippen LogP contribution < -0.4 is 0 Å². The molecule has 1 saturated carbocycles. The molecular formula is C17H23NOSi. The van der Waals surface area contributed by atoms with Crippen LogP contribution in [0.5, 0.6) is 0 Å². The number of hydrogen-bond donors (Lipinski definition) is 0. The van der Waals surface area contributed by atoms with Gasteiger partial charge in [0, 0.05) is 11.8 Å². The Hall–Kier alpha value is -1.11. The van der Waals surface area contributed by atoms with E-state index < -0.39 is 13.9 Å². The first-order chi connectivity index (χ1) is 9.44. The van der Waals surface area contributed by atoms with E-state index in [1.165, 1.54) is 11.1 Å². The van der Waals surface area contributed by atoms with Gasteiger partial charge in [-0.15, -0.1) is 0 Å². The molecule has 2 aliphatic carbocycles. The maximum absolute atomic E-state index is 9.94. The second-order valence-electron chi connectivity index (χ2n) is 7.27. The molecule has 0 radical (unpaired) electrons. The van der Waals surface area contributed by atoms with Crippen molar-refractivity contribution in [1.82, 2.24) is 0 Å². The summed E-state index contributed by atoms with van der Waals surface area (Å²) in [7, 11) is -1.73. The molecule has 1 aromatic carbocycles. The van der Waals surface area contributed by atoms with Crippen molar-refractivity contribution in [3.63, 3.8) is 0 Å². The summed E-state index contributed by atoms with van der Waals surface area (Å²) >= 11 is 0. The summed E-state index contributed by atoms with van der Waals surface area (Å²) in [6.45, 7) is 6.59. The van der Waals surface area contributed by atoms with Gasteiger partial charge in [-0.3, -0.25) is 0 Å². The minimum absolute atomic E-state index is 0.368. The highest BCUT2D eigenvalue weighted by atomic mass is 28.4. The molecule has 0 N–H and O–H groups in total. The van der Waals surface area contributed by atoms with E-state index in [-0.39, 0.29) is 0 Å². The van der Waals surface area contributed by atoms with E-state index in [1.807, 2.05) is 0 Å². The second-order valence-corrected chi connectivity index (χ2v) is 11.7. The van der Waals surface area contributed by atoms with E-state index in [4.69, 9.17) is 4.43 Å². The quantitative estimate of drug-likeness (QED) is 0.771. The van der Waals surface area contributed by atoms with Crippen molar-refractivity contribution in [3.8, 4) is 6.07 Å². The number of nitrogens with zero attached hydrogens (tertiary/aromatic N) is 1. The van der Waals surface area contributed by atoms with Crippen LogP contribution in [0.2, 0.25) is 19.6 Å². The molecule has 1 fully saturated rings. The van der Waals surface area contributed by atoms with Crippen molar-refractivity contribution in [2.45, 2.75) is 50.9 Å². The normalized spacial score (nSPS) is 32.3. The van der Waals surface area contributed by atoms with Gasteiger partial charge >= 0.3 is 0 Å². The summed E-state index contributed by atoms with van der Waals surface area (Å²) < 4.78 is 6.49. The molecule has 1 aromatic rings. The largest absolute Gasteiger partial charge is 0.399 e. The number of hydrogen-bond acceptors (Lipinski definition) is 2. The SMILES string of the molecule is C[Si](C)(C)OC1(C#N)C2CCC1Cc1ccccc1C2. The van der Waals surface area contributed by atoms with Crippen molar-refractivity contribution in [2.75, 3.05) is 0 Å². The molecule has 0 amide bonds. The third-order valence-electron chi connectivity index (χ3n) is 4.78. The predicted octanol–water partition coefficient (Wildman–Crippen LogP) is 3.93. The summed E-state index contributed by atoms with van der Waals surface area (Å²) in [6, 6.07) is 11.3. The second kappa shape index (κ2) is 4.72. The fraction of sp³-hybridized carbons (Fsp3) is 0.588. The Morgan fingerprint density at radius 2 is 1.60 bits per heavy atom. The third-order valence-corrected chi connectivity index (χ3v) is 5.73. The lowest BCUT2D eigenvalue weighted by atomic mass is 9.84. The van der Waals surface area contributed by atoms with Crippen molar-refractivity contribution < 1.29 is 4.43 Å². The molecule has 0 saturated heterocycles. The van der Waals surface area contributed by atoms with Crippen LogP contribution >= 0.6 is 0 Å². The molecule has 3 heteroatoms. The molecule has 0 spiro atoms. The van der Waals surface area contributed by atoms with Gasteiger partial charge in [0.2, 0.25) is 0 Å². The molecule has 0 aliphatic heterocycles. The molecule has 20 heavy (non-hydrogen) atoms. The number of rotatable bonds is 2. The molecule has 2 unspecified atom stereocenters. The Bertz CT molecular complexity index is 522. The molecular weight excluding hydrogens is 262 g/mol. The predicted molar refractivity (Wildman–Crippen MR) is 82.8 cm³/mol. The number of nitriles is 1. The number of fused-ring (bicyclic) bond motifs is 3. The van der Waals surface area contributed by atoms with Crippen molar-refractivity contribution in [3.05, 3.63) is 35.4 Å². The van der Waals surface area contributed by atoms with Gasteiger partial charge in [-0.25, -0.2) is 0 Å². The summed E-state index contributed by atoms with van der Waals surface area (Å²) in [4.78, 5) is 0. The van der Waals surface area contributed by atoms with Gasteiger partial charge in [-0.2, -0.15) is 5.26 Å². The minimum atomic E-state index is -1.73. The standard InChI is InChI=1S/C17H23NOSi/c1-20(2,3)19-17(12-18)15-8-9-16(17)11-14-7-5-4-6-13(14)10-15/h4-7,15-16H,8-11H2,1-3H3. The summed E-state index contributed by atoms with van der Waals surface area (Å²) in [5.41, 5.74) is 2.32. The van der Waals surface area contributed by atoms with Crippen molar-refractivity contribution in [2.24, 2.45) is 11.8 Å². The van der Waals surface area contributed by atoms with Gasteiger partial charge in [0.25, 0.3) is 0 Å². The molecule has 2 aliphatic rings. The lowest BCUT2D eigenvalue weighted by Gasteiger charge is -2.38. The highest BCUT2D eigenvalue weighted by Crippen LogP contribution is 2.50. The maximum atomic E-state index is 9.94. The van der Waals surface area contributed by atoms with Crippen LogP contribution in [0.1, 0.15) is 24.0 Å². The molecule has 0 aromatic heterocycles. The van der Waals surface area contributed by atoms with Crippen LogP contribution in [0, 0.1) is 23.2 Å². The Kier molecular flexibility index (Phi) is 3.27. The Morgan fingerprint density at radius 3 is 2.00 bits per heavy atom. The first-order valence-electron chi connectivity index (χ1n) is 7.63. The van der Waals surface area contributed by atoms with Crippen molar-refractivity contribution >= 4 is 8.32 Å². The van der Waals surface area contributed by atoms with Crippen LogP contribution in [0.15, 0.2) is 24.3 Å². The summed E-state index contributed by atoms with van der Waals surface area (Å²) in [5.74, 6) is 0.737. The zero-order valence-corrected chi connectivity index (χ0v) is 13.6. The molecule has 106 valence electrons. The van der Waals surface area contributed by atoms with Crippen LogP contribution in [0.3, 0.4) is 0 Å². The molecule has 0 heterocycles. The molecule has 2 bridgehead atoms. The van der Waals surface area contributed by atoms with Gasteiger partial charge in [0.15, 0.2) is 8.32 Å². The van der Waals surface area contributed by atoms with Crippen molar-refractivity contribution in [1.29, 1.82) is 5.26 Å². The van der Waals surface area contributed by atoms with E-state index in [1.54, 1.807) is 0 Å². The van der Waals surface area contributed by atoms with Crippen LogP contribution in [0.4, 0.5) is 0 Å². The fourth-order valence-electron chi connectivity index (χ4n) is 4.04. The van der Waals surface area contributed by atoms with Crippen LogP contribution in [0.25, 0.3) is 0 Å². The maximum Gasteiger partial charge on any atom is 0.185 e. The Balaban J connectivity index is 2.01. The van der Waals surface area contributed by atoms with Gasteiger partial charge in [0.1, 0.15) is 5.60 Å². The highest BCUT2D eigenvalue weighted by Gasteiger charge is 2.54. The fourth-order valence-corrected chi connectivity index (χ4v) is 5.43. The molecule has 2 nitrogen and oxygen atoms in total. The number of benzene rings is 1. The Morgan fingerprint density at radius 1 is 1.10 bits per heavy atom. The van der Waals surface area contributed by atoms with Crippen LogP contribution in [-0.2, 0) is 17.3 Å². The molecule has 2 atom stereocenters. The van der Waals surface area contributed by atoms with Gasteiger partial charge < -0.3 is 4.43 Å². The first kappa shape index (κ1) is 13.9.